The fraction of sp³-hybridized carbons (Fsp3) is 0.516. The number of rotatable bonds is 6. The van der Waals surface area contributed by atoms with Gasteiger partial charge in [0.15, 0.2) is 0 Å². The van der Waals surface area contributed by atoms with E-state index in [9.17, 15) is 18.3 Å². The number of nitrogens with one attached hydrogen (secondary N) is 1. The van der Waals surface area contributed by atoms with Crippen molar-refractivity contribution >= 4 is 16.1 Å². The van der Waals surface area contributed by atoms with Crippen LogP contribution in [0.4, 0.5) is 4.79 Å². The highest BCUT2D eigenvalue weighted by atomic mass is 32.2. The number of ether oxygens (including phenoxy) is 2. The van der Waals surface area contributed by atoms with Gasteiger partial charge in [-0.3, -0.25) is 0 Å². The second-order valence-electron chi connectivity index (χ2n) is 11.0. The number of hydrogen-bond donors (Lipinski definition) is 2. The molecule has 2 aromatic carbocycles. The van der Waals surface area contributed by atoms with Gasteiger partial charge in [-0.1, -0.05) is 38.0 Å². The topological polar surface area (TPSA) is 108 Å². The molecule has 1 saturated carbocycles. The van der Waals surface area contributed by atoms with Crippen molar-refractivity contribution in [3.05, 3.63) is 53.6 Å². The lowest BCUT2D eigenvalue weighted by Crippen LogP contribution is -2.52. The standard InChI is InChI=1S/C31H41N3O6S/c1-22-19-34(23(2)21-35)41(37,38)30-17-14-25(11-10-24-12-15-27(39-4)16-13-24)18-28(30)40-29(22)20-33(3)31(36)32-26-8-6-5-7-9-26/h12-18,22-23,26,29,35H,5-9,19-21H2,1-4H3,(H,32,36)/t22-,23+,29+/m1/s1. The van der Waals surface area contributed by atoms with Crippen LogP contribution in [-0.4, -0.2) is 80.8 Å². The van der Waals surface area contributed by atoms with Crippen molar-refractivity contribution < 1.29 is 27.8 Å². The summed E-state index contributed by atoms with van der Waals surface area (Å²) in [5.41, 5.74) is 1.37. The van der Waals surface area contributed by atoms with Crippen molar-refractivity contribution in [2.24, 2.45) is 5.92 Å². The number of nitrogens with zero attached hydrogens (tertiary/aromatic N) is 2. The number of methoxy groups -OCH3 is 1. The Morgan fingerprint density at radius 2 is 1.80 bits per heavy atom. The van der Waals surface area contributed by atoms with E-state index in [2.05, 4.69) is 17.2 Å². The largest absolute Gasteiger partial charge is 0.497 e. The van der Waals surface area contributed by atoms with Crippen LogP contribution in [0, 0.1) is 17.8 Å². The fourth-order valence-corrected chi connectivity index (χ4v) is 7.05. The molecule has 1 aliphatic heterocycles. The van der Waals surface area contributed by atoms with Crippen LogP contribution < -0.4 is 14.8 Å². The van der Waals surface area contributed by atoms with Crippen molar-refractivity contribution in [1.29, 1.82) is 0 Å². The monoisotopic (exact) mass is 583 g/mol. The molecule has 1 aliphatic carbocycles. The molecule has 41 heavy (non-hydrogen) atoms. The summed E-state index contributed by atoms with van der Waals surface area (Å²) in [4.78, 5) is 14.6. The highest BCUT2D eigenvalue weighted by Gasteiger charge is 2.38. The Balaban J connectivity index is 1.63. The van der Waals surface area contributed by atoms with E-state index in [1.807, 2.05) is 31.2 Å². The SMILES string of the molecule is COc1ccc(C#Cc2ccc3c(c2)O[C@@H](CN(C)C(=O)NC2CCCCC2)[C@H](C)CN([C@@H](C)CO)S3(=O)=O)cc1. The maximum atomic E-state index is 13.7. The van der Waals surface area contributed by atoms with Crippen LogP contribution in [0.3, 0.4) is 0 Å². The molecule has 0 saturated heterocycles. The molecule has 10 heteroatoms. The first-order chi connectivity index (χ1) is 19.6. The molecule has 2 N–H and O–H groups in total. The molecule has 0 unspecified atom stereocenters. The van der Waals surface area contributed by atoms with Crippen molar-refractivity contribution in [3.8, 4) is 23.3 Å². The summed E-state index contributed by atoms with van der Waals surface area (Å²) in [5, 5.41) is 13.0. The van der Waals surface area contributed by atoms with Gasteiger partial charge in [0.05, 0.1) is 20.3 Å². The van der Waals surface area contributed by atoms with E-state index < -0.39 is 22.2 Å². The van der Waals surface area contributed by atoms with E-state index in [1.54, 1.807) is 38.1 Å². The third-order valence-corrected chi connectivity index (χ3v) is 9.86. The van der Waals surface area contributed by atoms with Gasteiger partial charge in [0, 0.05) is 42.7 Å². The third-order valence-electron chi connectivity index (χ3n) is 7.84. The maximum Gasteiger partial charge on any atom is 0.317 e. The van der Waals surface area contributed by atoms with Crippen LogP contribution >= 0.6 is 0 Å². The Bertz CT molecular complexity index is 1360. The van der Waals surface area contributed by atoms with Crippen LogP contribution in [0.1, 0.15) is 57.1 Å². The number of hydrogen-bond acceptors (Lipinski definition) is 6. The van der Waals surface area contributed by atoms with Gasteiger partial charge in [-0.15, -0.1) is 0 Å². The summed E-state index contributed by atoms with van der Waals surface area (Å²) in [7, 11) is -0.639. The van der Waals surface area contributed by atoms with Crippen molar-refractivity contribution in [1.82, 2.24) is 14.5 Å². The molecule has 0 bridgehead atoms. The zero-order valence-corrected chi connectivity index (χ0v) is 25.1. The Hall–Kier alpha value is -3.26. The van der Waals surface area contributed by atoms with Gasteiger partial charge in [0.1, 0.15) is 22.5 Å². The molecule has 1 heterocycles. The second-order valence-corrected chi connectivity index (χ2v) is 12.9. The molecule has 9 nitrogen and oxygen atoms in total. The first-order valence-corrected chi connectivity index (χ1v) is 15.7. The summed E-state index contributed by atoms with van der Waals surface area (Å²) in [6, 6.07) is 11.5. The minimum absolute atomic E-state index is 0.0130. The van der Waals surface area contributed by atoms with E-state index in [4.69, 9.17) is 9.47 Å². The number of carbonyl (C=O) groups excluding carboxylic acids is 1. The Kier molecular flexibility index (Phi) is 10.2. The predicted octanol–water partition coefficient (Wildman–Crippen LogP) is 3.84. The number of likely N-dealkylation sites (N-methyl/N-ethyl adjacent to an activating group) is 1. The predicted molar refractivity (Wildman–Crippen MR) is 157 cm³/mol. The molecule has 222 valence electrons. The minimum atomic E-state index is -3.97. The summed E-state index contributed by atoms with van der Waals surface area (Å²) >= 11 is 0. The number of amides is 2. The lowest BCUT2D eigenvalue weighted by molar-refractivity contribution is 0.0806. The normalized spacial score (nSPS) is 21.6. The van der Waals surface area contributed by atoms with Gasteiger partial charge in [-0.2, -0.15) is 4.31 Å². The Morgan fingerprint density at radius 1 is 1.15 bits per heavy atom. The molecule has 3 atom stereocenters. The number of aliphatic hydroxyl groups is 1. The molecule has 0 radical (unpaired) electrons. The van der Waals surface area contributed by atoms with Crippen LogP contribution in [0.2, 0.25) is 0 Å². The number of carbonyl (C=O) groups is 1. The first kappa shape index (κ1) is 30.7. The van der Waals surface area contributed by atoms with Crippen LogP contribution in [0.15, 0.2) is 47.4 Å². The Labute approximate surface area is 243 Å². The molecule has 1 fully saturated rings. The smallest absolute Gasteiger partial charge is 0.317 e. The molecule has 2 aromatic rings. The fourth-order valence-electron chi connectivity index (χ4n) is 5.22. The van der Waals surface area contributed by atoms with E-state index in [-0.39, 0.29) is 48.3 Å². The Morgan fingerprint density at radius 3 is 2.46 bits per heavy atom. The summed E-state index contributed by atoms with van der Waals surface area (Å²) in [5.74, 6) is 6.83. The number of sulfonamides is 1. The number of fused-ring (bicyclic) bond motifs is 1. The van der Waals surface area contributed by atoms with Gasteiger partial charge in [-0.05, 0) is 62.2 Å². The van der Waals surface area contributed by atoms with Crippen molar-refractivity contribution in [3.63, 3.8) is 0 Å². The van der Waals surface area contributed by atoms with E-state index in [0.29, 0.717) is 5.56 Å². The highest BCUT2D eigenvalue weighted by molar-refractivity contribution is 7.89. The van der Waals surface area contributed by atoms with E-state index in [0.717, 1.165) is 37.0 Å². The zero-order valence-electron chi connectivity index (χ0n) is 24.3. The molecule has 2 amide bonds. The van der Waals surface area contributed by atoms with Crippen LogP contribution in [0.25, 0.3) is 0 Å². The van der Waals surface area contributed by atoms with Gasteiger partial charge in [-0.25, -0.2) is 13.2 Å². The average molecular weight is 584 g/mol. The molecule has 4 rings (SSSR count). The van der Waals surface area contributed by atoms with Gasteiger partial charge >= 0.3 is 6.03 Å². The van der Waals surface area contributed by atoms with Crippen molar-refractivity contribution in [2.45, 2.75) is 69.0 Å². The van der Waals surface area contributed by atoms with Crippen LogP contribution in [0.5, 0.6) is 11.5 Å². The first-order valence-electron chi connectivity index (χ1n) is 14.2. The summed E-state index contributed by atoms with van der Waals surface area (Å²) in [6.07, 6.45) is 4.90. The van der Waals surface area contributed by atoms with Gasteiger partial charge in [0.25, 0.3) is 0 Å². The van der Waals surface area contributed by atoms with E-state index in [1.165, 1.54) is 16.8 Å². The molecular formula is C31H41N3O6S. The molecule has 2 aliphatic rings. The number of aliphatic hydroxyl groups excluding tert-OH is 1. The lowest BCUT2D eigenvalue weighted by Gasteiger charge is -2.37. The minimum Gasteiger partial charge on any atom is -0.497 e. The van der Waals surface area contributed by atoms with E-state index >= 15 is 0 Å². The average Bonchev–Trinajstić information content (AvgIpc) is 2.98. The zero-order chi connectivity index (χ0) is 29.6. The second kappa shape index (κ2) is 13.6. The molecule has 0 spiro atoms. The maximum absolute atomic E-state index is 13.7. The molecular weight excluding hydrogens is 542 g/mol. The third kappa shape index (κ3) is 7.53. The van der Waals surface area contributed by atoms with Crippen molar-refractivity contribution in [2.75, 3.05) is 33.9 Å². The number of urea groups is 1. The van der Waals surface area contributed by atoms with Gasteiger partial charge in [0.2, 0.25) is 10.0 Å². The molecule has 0 aromatic heterocycles. The van der Waals surface area contributed by atoms with Crippen LogP contribution in [-0.2, 0) is 10.0 Å². The number of benzene rings is 2. The van der Waals surface area contributed by atoms with Gasteiger partial charge < -0.3 is 24.8 Å². The lowest BCUT2D eigenvalue weighted by atomic mass is 9.96. The summed E-state index contributed by atoms with van der Waals surface area (Å²) in [6.45, 7) is 3.68. The quantitative estimate of drug-likeness (QED) is 0.501. The summed E-state index contributed by atoms with van der Waals surface area (Å²) < 4.78 is 40.4. The highest BCUT2D eigenvalue weighted by Crippen LogP contribution is 2.34.